The van der Waals surface area contributed by atoms with Crippen LogP contribution in [0.5, 0.6) is 0 Å². The van der Waals surface area contributed by atoms with E-state index in [-0.39, 0.29) is 6.04 Å². The summed E-state index contributed by atoms with van der Waals surface area (Å²) in [4.78, 5) is 2.51. The Morgan fingerprint density at radius 2 is 2.00 bits per heavy atom. The molecular weight excluding hydrogens is 260 g/mol. The van der Waals surface area contributed by atoms with Crippen molar-refractivity contribution >= 4 is 9.84 Å². The van der Waals surface area contributed by atoms with E-state index in [1.165, 1.54) is 32.4 Å². The summed E-state index contributed by atoms with van der Waals surface area (Å²) in [5, 5.41) is 3.40. The highest BCUT2D eigenvalue weighted by Gasteiger charge is 2.29. The maximum Gasteiger partial charge on any atom is 0.151 e. The molecule has 1 unspecified atom stereocenters. The highest BCUT2D eigenvalue weighted by atomic mass is 32.2. The van der Waals surface area contributed by atoms with E-state index < -0.39 is 9.84 Å². The second kappa shape index (κ2) is 6.10. The van der Waals surface area contributed by atoms with E-state index in [1.807, 2.05) is 0 Å². The van der Waals surface area contributed by atoms with Crippen molar-refractivity contribution in [3.05, 3.63) is 0 Å². The van der Waals surface area contributed by atoms with E-state index in [9.17, 15) is 8.42 Å². The van der Waals surface area contributed by atoms with Gasteiger partial charge < -0.3 is 10.2 Å². The summed E-state index contributed by atoms with van der Waals surface area (Å²) >= 11 is 0. The molecule has 2 aliphatic rings. The molecule has 2 aliphatic heterocycles. The van der Waals surface area contributed by atoms with Crippen molar-refractivity contribution in [3.8, 4) is 0 Å². The molecule has 0 amide bonds. The average Bonchev–Trinajstić information content (AvgIpc) is 2.72. The number of sulfone groups is 1. The van der Waals surface area contributed by atoms with Gasteiger partial charge in [0.1, 0.15) is 0 Å². The molecule has 0 saturated carbocycles. The third-order valence-corrected chi connectivity index (χ3v) is 6.78. The molecule has 2 fully saturated rings. The predicted octanol–water partition coefficient (Wildman–Crippen LogP) is 1.28. The van der Waals surface area contributed by atoms with Crippen molar-refractivity contribution in [2.75, 3.05) is 37.7 Å². The molecule has 0 bridgehead atoms. The molecule has 4 nitrogen and oxygen atoms in total. The number of hydrogen-bond acceptors (Lipinski definition) is 4. The van der Waals surface area contributed by atoms with Crippen molar-refractivity contribution in [1.82, 2.24) is 10.2 Å². The first kappa shape index (κ1) is 15.3. The molecule has 1 atom stereocenters. The second-order valence-electron chi connectivity index (χ2n) is 6.56. The van der Waals surface area contributed by atoms with Crippen molar-refractivity contribution in [1.29, 1.82) is 0 Å². The molecule has 0 radical (unpaired) electrons. The number of nitrogens with one attached hydrogen (secondary N) is 1. The minimum Gasteiger partial charge on any atom is -0.312 e. The van der Waals surface area contributed by atoms with Crippen LogP contribution in [0.4, 0.5) is 0 Å². The molecule has 0 spiro atoms. The van der Waals surface area contributed by atoms with Crippen LogP contribution in [0.1, 0.15) is 39.5 Å². The Balaban J connectivity index is 1.63. The summed E-state index contributed by atoms with van der Waals surface area (Å²) in [6, 6.07) is 0.190. The summed E-state index contributed by atoms with van der Waals surface area (Å²) in [5.74, 6) is 0.699. The van der Waals surface area contributed by atoms with Crippen LogP contribution in [0.3, 0.4) is 0 Å². The Morgan fingerprint density at radius 3 is 2.53 bits per heavy atom. The van der Waals surface area contributed by atoms with Crippen LogP contribution in [0.25, 0.3) is 0 Å². The van der Waals surface area contributed by atoms with Gasteiger partial charge in [0, 0.05) is 19.1 Å². The van der Waals surface area contributed by atoms with Crippen molar-refractivity contribution in [2.45, 2.75) is 45.6 Å². The van der Waals surface area contributed by atoms with Gasteiger partial charge >= 0.3 is 0 Å². The maximum atomic E-state index is 11.4. The number of nitrogens with zero attached hydrogens (tertiary/aromatic N) is 1. The Bertz CT molecular complexity index is 386. The normalized spacial score (nSPS) is 30.5. The van der Waals surface area contributed by atoms with Gasteiger partial charge in [-0.05, 0) is 37.8 Å². The van der Waals surface area contributed by atoms with E-state index in [0.717, 1.165) is 19.5 Å². The lowest BCUT2D eigenvalue weighted by atomic mass is 9.78. The van der Waals surface area contributed by atoms with Gasteiger partial charge in [-0.3, -0.25) is 0 Å². The number of likely N-dealkylation sites (tertiary alicyclic amines) is 1. The van der Waals surface area contributed by atoms with Crippen LogP contribution in [0.15, 0.2) is 0 Å². The molecule has 0 aromatic heterocycles. The Hall–Kier alpha value is -0.130. The Labute approximate surface area is 117 Å². The Kier molecular flexibility index (Phi) is 4.90. The molecule has 0 aromatic carbocycles. The van der Waals surface area contributed by atoms with Gasteiger partial charge in [-0.2, -0.15) is 0 Å². The van der Waals surface area contributed by atoms with Gasteiger partial charge in [0.25, 0.3) is 0 Å². The molecule has 5 heteroatoms. The highest BCUT2D eigenvalue weighted by molar-refractivity contribution is 7.91. The van der Waals surface area contributed by atoms with Gasteiger partial charge in [0.2, 0.25) is 0 Å². The first-order chi connectivity index (χ1) is 8.92. The van der Waals surface area contributed by atoms with Crippen LogP contribution in [-0.2, 0) is 9.84 Å². The van der Waals surface area contributed by atoms with Crippen molar-refractivity contribution < 1.29 is 8.42 Å². The summed E-state index contributed by atoms with van der Waals surface area (Å²) in [6.07, 6.45) is 4.65. The lowest BCUT2D eigenvalue weighted by Gasteiger charge is -2.39. The van der Waals surface area contributed by atoms with E-state index in [2.05, 4.69) is 24.1 Å². The fraction of sp³-hybridized carbons (Fsp3) is 1.00. The van der Waals surface area contributed by atoms with Crippen LogP contribution in [0.2, 0.25) is 0 Å². The zero-order valence-electron chi connectivity index (χ0n) is 12.3. The fourth-order valence-electron chi connectivity index (χ4n) is 3.05. The van der Waals surface area contributed by atoms with Crippen LogP contribution in [-0.4, -0.2) is 57.0 Å². The molecule has 2 heterocycles. The van der Waals surface area contributed by atoms with Crippen LogP contribution in [0, 0.1) is 5.41 Å². The first-order valence-corrected chi connectivity index (χ1v) is 9.41. The lowest BCUT2D eigenvalue weighted by Crippen LogP contribution is -2.43. The summed E-state index contributed by atoms with van der Waals surface area (Å²) in [5.41, 5.74) is 0.545. The number of piperidine rings is 1. The topological polar surface area (TPSA) is 49.4 Å². The monoisotopic (exact) mass is 288 g/mol. The maximum absolute atomic E-state index is 11.4. The van der Waals surface area contributed by atoms with Crippen molar-refractivity contribution in [2.24, 2.45) is 5.41 Å². The number of rotatable bonds is 5. The van der Waals surface area contributed by atoms with E-state index >= 15 is 0 Å². The largest absolute Gasteiger partial charge is 0.312 e. The van der Waals surface area contributed by atoms with Crippen LogP contribution >= 0.6 is 0 Å². The van der Waals surface area contributed by atoms with E-state index in [1.54, 1.807) is 0 Å². The molecule has 2 rings (SSSR count). The molecule has 0 aliphatic carbocycles. The molecule has 19 heavy (non-hydrogen) atoms. The fourth-order valence-corrected chi connectivity index (χ4v) is 4.76. The highest BCUT2D eigenvalue weighted by Crippen LogP contribution is 2.33. The van der Waals surface area contributed by atoms with Crippen molar-refractivity contribution in [3.63, 3.8) is 0 Å². The number of hydrogen-bond donors (Lipinski definition) is 1. The Morgan fingerprint density at radius 1 is 1.32 bits per heavy atom. The molecular formula is C14H28N2O2S. The third-order valence-electron chi connectivity index (χ3n) is 5.01. The molecule has 1 N–H and O–H groups in total. The van der Waals surface area contributed by atoms with Gasteiger partial charge in [0.05, 0.1) is 11.5 Å². The zero-order chi connectivity index (χ0) is 13.9. The lowest BCUT2D eigenvalue weighted by molar-refractivity contribution is 0.115. The van der Waals surface area contributed by atoms with Gasteiger partial charge in [-0.15, -0.1) is 0 Å². The predicted molar refractivity (Wildman–Crippen MR) is 79.1 cm³/mol. The van der Waals surface area contributed by atoms with Gasteiger partial charge in [-0.1, -0.05) is 20.3 Å². The summed E-state index contributed by atoms with van der Waals surface area (Å²) < 4.78 is 22.7. The SMILES string of the molecule is CCC1(C)CCN(CCNC2CCS(=O)(=O)C2)CC1. The minimum absolute atomic E-state index is 0.190. The molecule has 112 valence electrons. The van der Waals surface area contributed by atoms with E-state index in [0.29, 0.717) is 16.9 Å². The minimum atomic E-state index is -2.75. The quantitative estimate of drug-likeness (QED) is 0.828. The second-order valence-corrected chi connectivity index (χ2v) is 8.79. The van der Waals surface area contributed by atoms with Gasteiger partial charge in [0.15, 0.2) is 9.84 Å². The smallest absolute Gasteiger partial charge is 0.151 e. The average molecular weight is 288 g/mol. The van der Waals surface area contributed by atoms with Gasteiger partial charge in [-0.25, -0.2) is 8.42 Å². The van der Waals surface area contributed by atoms with Crippen LogP contribution < -0.4 is 5.32 Å². The first-order valence-electron chi connectivity index (χ1n) is 7.59. The van der Waals surface area contributed by atoms with E-state index in [4.69, 9.17) is 0 Å². The third kappa shape index (κ3) is 4.43. The molecule has 0 aromatic rings. The summed E-state index contributed by atoms with van der Waals surface area (Å²) in [6.45, 7) is 9.03. The standard InChI is InChI=1S/C14H28N2O2S/c1-3-14(2)5-8-16(9-6-14)10-7-15-13-4-11-19(17,18)12-13/h13,15H,3-12H2,1-2H3. The summed E-state index contributed by atoms with van der Waals surface area (Å²) in [7, 11) is -2.75. The zero-order valence-corrected chi connectivity index (χ0v) is 13.1. The molecule has 2 saturated heterocycles.